The lowest BCUT2D eigenvalue weighted by atomic mass is 9.98. The standard InChI is InChI=1S/C16H15ClF3N/c1-2-21-16(11-4-6-13(18)12(17)9-11)8-10-3-5-14(19)15(20)7-10/h3-7,9,16,21H,2,8H2,1H3. The molecule has 1 atom stereocenters. The molecule has 0 aliphatic carbocycles. The van der Waals surface area contributed by atoms with E-state index in [9.17, 15) is 13.2 Å². The van der Waals surface area contributed by atoms with Crippen LogP contribution >= 0.6 is 11.6 Å². The largest absolute Gasteiger partial charge is 0.310 e. The van der Waals surface area contributed by atoms with Crippen LogP contribution in [-0.2, 0) is 6.42 Å². The summed E-state index contributed by atoms with van der Waals surface area (Å²) in [6.07, 6.45) is 0.451. The fraction of sp³-hybridized carbons (Fsp3) is 0.250. The monoisotopic (exact) mass is 313 g/mol. The Morgan fingerprint density at radius 2 is 1.71 bits per heavy atom. The summed E-state index contributed by atoms with van der Waals surface area (Å²) < 4.78 is 39.5. The van der Waals surface area contributed by atoms with Gasteiger partial charge in [0, 0.05) is 6.04 Å². The van der Waals surface area contributed by atoms with E-state index >= 15 is 0 Å². The van der Waals surface area contributed by atoms with E-state index in [1.165, 1.54) is 18.2 Å². The normalized spacial score (nSPS) is 12.4. The quantitative estimate of drug-likeness (QED) is 0.847. The van der Waals surface area contributed by atoms with Crippen molar-refractivity contribution < 1.29 is 13.2 Å². The third kappa shape index (κ3) is 3.99. The molecule has 21 heavy (non-hydrogen) atoms. The maximum absolute atomic E-state index is 13.3. The molecule has 5 heteroatoms. The number of nitrogens with one attached hydrogen (secondary N) is 1. The molecule has 1 N–H and O–H groups in total. The molecule has 0 amide bonds. The molecule has 0 saturated carbocycles. The molecule has 2 aromatic carbocycles. The van der Waals surface area contributed by atoms with Gasteiger partial charge in [0.2, 0.25) is 0 Å². The van der Waals surface area contributed by atoms with Crippen LogP contribution in [0.1, 0.15) is 24.1 Å². The van der Waals surface area contributed by atoms with E-state index in [1.807, 2.05) is 6.92 Å². The molecule has 2 rings (SSSR count). The summed E-state index contributed by atoms with van der Waals surface area (Å²) in [5, 5.41) is 3.27. The van der Waals surface area contributed by atoms with Gasteiger partial charge in [0.1, 0.15) is 5.82 Å². The molecule has 0 aliphatic rings. The highest BCUT2D eigenvalue weighted by atomic mass is 35.5. The number of hydrogen-bond donors (Lipinski definition) is 1. The van der Waals surface area contributed by atoms with Crippen molar-refractivity contribution in [3.8, 4) is 0 Å². The topological polar surface area (TPSA) is 12.0 Å². The van der Waals surface area contributed by atoms with Crippen molar-refractivity contribution in [2.45, 2.75) is 19.4 Å². The molecule has 0 heterocycles. The van der Waals surface area contributed by atoms with Gasteiger partial charge in [-0.05, 0) is 48.4 Å². The van der Waals surface area contributed by atoms with E-state index < -0.39 is 17.5 Å². The summed E-state index contributed by atoms with van der Waals surface area (Å²) in [5.41, 5.74) is 1.45. The number of hydrogen-bond acceptors (Lipinski definition) is 1. The SMILES string of the molecule is CCNC(Cc1ccc(F)c(F)c1)c1ccc(F)c(Cl)c1. The van der Waals surface area contributed by atoms with Gasteiger partial charge < -0.3 is 5.32 Å². The minimum atomic E-state index is -0.875. The predicted molar refractivity (Wildman–Crippen MR) is 77.9 cm³/mol. The lowest BCUT2D eigenvalue weighted by Crippen LogP contribution is -2.23. The van der Waals surface area contributed by atoms with Gasteiger partial charge in [-0.2, -0.15) is 0 Å². The zero-order chi connectivity index (χ0) is 15.4. The Morgan fingerprint density at radius 1 is 1.00 bits per heavy atom. The number of rotatable bonds is 5. The highest BCUT2D eigenvalue weighted by Gasteiger charge is 2.14. The summed E-state index contributed by atoms with van der Waals surface area (Å²) in [6, 6.07) is 8.13. The lowest BCUT2D eigenvalue weighted by molar-refractivity contribution is 0.502. The third-order valence-corrected chi connectivity index (χ3v) is 3.51. The van der Waals surface area contributed by atoms with Crippen LogP contribution in [0.15, 0.2) is 36.4 Å². The van der Waals surface area contributed by atoms with Crippen LogP contribution in [0.2, 0.25) is 5.02 Å². The fourth-order valence-corrected chi connectivity index (χ4v) is 2.37. The Kier molecular flexibility index (Phi) is 5.26. The van der Waals surface area contributed by atoms with Crippen LogP contribution in [0.25, 0.3) is 0 Å². The van der Waals surface area contributed by atoms with Crippen LogP contribution in [0.3, 0.4) is 0 Å². The molecule has 2 aromatic rings. The predicted octanol–water partition coefficient (Wildman–Crippen LogP) is 4.65. The molecule has 0 radical (unpaired) electrons. The highest BCUT2D eigenvalue weighted by Crippen LogP contribution is 2.24. The first-order valence-electron chi connectivity index (χ1n) is 6.63. The number of benzene rings is 2. The average Bonchev–Trinajstić information content (AvgIpc) is 2.45. The smallest absolute Gasteiger partial charge is 0.159 e. The minimum Gasteiger partial charge on any atom is -0.310 e. The first kappa shape index (κ1) is 15.9. The first-order valence-corrected chi connectivity index (χ1v) is 7.01. The molecule has 0 fully saturated rings. The van der Waals surface area contributed by atoms with E-state index in [0.29, 0.717) is 18.5 Å². The highest BCUT2D eigenvalue weighted by molar-refractivity contribution is 6.30. The van der Waals surface area contributed by atoms with E-state index in [0.717, 1.165) is 11.6 Å². The number of likely N-dealkylation sites (N-methyl/N-ethyl adjacent to an activating group) is 1. The van der Waals surface area contributed by atoms with Crippen LogP contribution in [0.4, 0.5) is 13.2 Å². The van der Waals surface area contributed by atoms with Gasteiger partial charge in [0.15, 0.2) is 11.6 Å². The average molecular weight is 314 g/mol. The molecule has 0 saturated heterocycles. The second-order valence-electron chi connectivity index (χ2n) is 4.74. The van der Waals surface area contributed by atoms with Crippen molar-refractivity contribution in [1.82, 2.24) is 5.32 Å². The molecular weight excluding hydrogens is 299 g/mol. The molecule has 112 valence electrons. The lowest BCUT2D eigenvalue weighted by Gasteiger charge is -2.19. The minimum absolute atomic E-state index is 0.0423. The van der Waals surface area contributed by atoms with Crippen molar-refractivity contribution in [2.75, 3.05) is 6.54 Å². The van der Waals surface area contributed by atoms with Crippen LogP contribution in [0, 0.1) is 17.5 Å². The Morgan fingerprint density at radius 3 is 2.33 bits per heavy atom. The second kappa shape index (κ2) is 6.96. The second-order valence-corrected chi connectivity index (χ2v) is 5.14. The molecule has 0 aliphatic heterocycles. The van der Waals surface area contributed by atoms with Gasteiger partial charge in [0.05, 0.1) is 5.02 Å². The molecular formula is C16H15ClF3N. The van der Waals surface area contributed by atoms with E-state index in [1.54, 1.807) is 12.1 Å². The maximum atomic E-state index is 13.3. The molecule has 0 aromatic heterocycles. The zero-order valence-corrected chi connectivity index (χ0v) is 12.2. The van der Waals surface area contributed by atoms with Gasteiger partial charge in [0.25, 0.3) is 0 Å². The Bertz CT molecular complexity index is 631. The molecule has 0 spiro atoms. The Hall–Kier alpha value is -1.52. The van der Waals surface area contributed by atoms with Gasteiger partial charge in [-0.3, -0.25) is 0 Å². The van der Waals surface area contributed by atoms with Crippen molar-refractivity contribution in [3.05, 3.63) is 70.0 Å². The summed E-state index contributed by atoms with van der Waals surface area (Å²) in [6.45, 7) is 2.62. The summed E-state index contributed by atoms with van der Waals surface area (Å²) >= 11 is 5.79. The summed E-state index contributed by atoms with van der Waals surface area (Å²) in [5.74, 6) is -2.23. The molecule has 1 nitrogen and oxygen atoms in total. The van der Waals surface area contributed by atoms with Gasteiger partial charge in [-0.15, -0.1) is 0 Å². The van der Waals surface area contributed by atoms with Crippen molar-refractivity contribution in [2.24, 2.45) is 0 Å². The van der Waals surface area contributed by atoms with Crippen LogP contribution in [-0.4, -0.2) is 6.54 Å². The van der Waals surface area contributed by atoms with Crippen molar-refractivity contribution in [1.29, 1.82) is 0 Å². The van der Waals surface area contributed by atoms with Gasteiger partial charge in [-0.25, -0.2) is 13.2 Å². The maximum Gasteiger partial charge on any atom is 0.159 e. The van der Waals surface area contributed by atoms with Crippen molar-refractivity contribution in [3.63, 3.8) is 0 Å². The fourth-order valence-electron chi connectivity index (χ4n) is 2.19. The van der Waals surface area contributed by atoms with E-state index in [-0.39, 0.29) is 11.1 Å². The first-order chi connectivity index (χ1) is 10.0. The molecule has 0 bridgehead atoms. The van der Waals surface area contributed by atoms with Crippen LogP contribution < -0.4 is 5.32 Å². The zero-order valence-electron chi connectivity index (χ0n) is 11.5. The Balaban J connectivity index is 2.25. The van der Waals surface area contributed by atoms with Gasteiger partial charge in [-0.1, -0.05) is 30.7 Å². The number of halogens is 4. The third-order valence-electron chi connectivity index (χ3n) is 3.22. The van der Waals surface area contributed by atoms with E-state index in [4.69, 9.17) is 11.6 Å². The Labute approximate surface area is 126 Å². The summed E-state index contributed by atoms with van der Waals surface area (Å²) in [7, 11) is 0. The van der Waals surface area contributed by atoms with Crippen LogP contribution in [0.5, 0.6) is 0 Å². The summed E-state index contributed by atoms with van der Waals surface area (Å²) in [4.78, 5) is 0. The molecule has 1 unspecified atom stereocenters. The van der Waals surface area contributed by atoms with Gasteiger partial charge >= 0.3 is 0 Å². The van der Waals surface area contributed by atoms with E-state index in [2.05, 4.69) is 5.32 Å². The van der Waals surface area contributed by atoms with Crippen molar-refractivity contribution >= 4 is 11.6 Å².